The standard InChI is InChI=1S/C35H40N2O2/c1-35(2,3)30-21-19-27(20-22-30)24-36-25-32(38)31(23-26-13-7-4-8-14-26)37-34(39)33(28-15-9-5-10-16-28)29-17-11-6-12-18-29/h4-22,31-33,36,38H,23-25H2,1-3H3,(H,37,39)/t31-,32-/m0/s1. The Bertz CT molecular complexity index is 1240. The summed E-state index contributed by atoms with van der Waals surface area (Å²) >= 11 is 0. The van der Waals surface area contributed by atoms with Gasteiger partial charge in [0.25, 0.3) is 0 Å². The third kappa shape index (κ3) is 8.13. The second-order valence-corrected chi connectivity index (χ2v) is 11.2. The van der Waals surface area contributed by atoms with E-state index in [-0.39, 0.29) is 11.3 Å². The van der Waals surface area contributed by atoms with Crippen molar-refractivity contribution in [3.05, 3.63) is 143 Å². The molecule has 202 valence electrons. The predicted molar refractivity (Wildman–Crippen MR) is 160 cm³/mol. The van der Waals surface area contributed by atoms with Crippen LogP contribution in [0.5, 0.6) is 0 Å². The molecule has 4 aromatic rings. The zero-order valence-corrected chi connectivity index (χ0v) is 23.2. The Hall–Kier alpha value is -3.73. The fraction of sp³-hybridized carbons (Fsp3) is 0.286. The molecule has 4 aromatic carbocycles. The molecule has 0 heterocycles. The normalized spacial score (nSPS) is 13.2. The third-order valence-corrected chi connectivity index (χ3v) is 7.12. The molecule has 4 heteroatoms. The Morgan fingerprint density at radius 3 is 1.74 bits per heavy atom. The van der Waals surface area contributed by atoms with Crippen LogP contribution in [-0.2, 0) is 23.2 Å². The molecule has 39 heavy (non-hydrogen) atoms. The van der Waals surface area contributed by atoms with Crippen LogP contribution in [0.4, 0.5) is 0 Å². The lowest BCUT2D eigenvalue weighted by Crippen LogP contribution is -2.50. The average Bonchev–Trinajstić information content (AvgIpc) is 2.94. The van der Waals surface area contributed by atoms with Crippen LogP contribution in [0.1, 0.15) is 54.5 Å². The molecule has 0 radical (unpaired) electrons. The fourth-order valence-corrected chi connectivity index (χ4v) is 4.83. The van der Waals surface area contributed by atoms with E-state index in [9.17, 15) is 9.90 Å². The molecule has 0 aliphatic carbocycles. The van der Waals surface area contributed by atoms with E-state index in [1.807, 2.05) is 91.0 Å². The number of rotatable bonds is 11. The maximum atomic E-state index is 13.8. The molecule has 0 unspecified atom stereocenters. The summed E-state index contributed by atoms with van der Waals surface area (Å²) in [6.45, 7) is 7.62. The highest BCUT2D eigenvalue weighted by molar-refractivity contribution is 5.87. The number of benzene rings is 4. The summed E-state index contributed by atoms with van der Waals surface area (Å²) in [6.07, 6.45) is -0.235. The minimum atomic E-state index is -0.768. The van der Waals surface area contributed by atoms with Crippen LogP contribution in [0.3, 0.4) is 0 Å². The van der Waals surface area contributed by atoms with Gasteiger partial charge in [-0.1, -0.05) is 136 Å². The SMILES string of the molecule is CC(C)(C)c1ccc(CNC[C@H](O)[C@H](Cc2ccccc2)NC(=O)C(c2ccccc2)c2ccccc2)cc1. The number of nitrogens with one attached hydrogen (secondary N) is 2. The summed E-state index contributed by atoms with van der Waals surface area (Å²) in [5.41, 5.74) is 5.48. The molecular formula is C35H40N2O2. The van der Waals surface area contributed by atoms with Gasteiger partial charge in [-0.3, -0.25) is 4.79 Å². The Kier molecular flexibility index (Phi) is 9.69. The van der Waals surface area contributed by atoms with E-state index in [2.05, 4.69) is 55.7 Å². The van der Waals surface area contributed by atoms with Gasteiger partial charge in [0.1, 0.15) is 0 Å². The summed E-state index contributed by atoms with van der Waals surface area (Å²) < 4.78 is 0. The number of carbonyl (C=O) groups is 1. The van der Waals surface area contributed by atoms with Gasteiger partial charge in [-0.15, -0.1) is 0 Å². The van der Waals surface area contributed by atoms with E-state index in [1.54, 1.807) is 0 Å². The Morgan fingerprint density at radius 2 is 1.23 bits per heavy atom. The monoisotopic (exact) mass is 520 g/mol. The predicted octanol–water partition coefficient (Wildman–Crippen LogP) is 5.99. The van der Waals surface area contributed by atoms with Crippen LogP contribution >= 0.6 is 0 Å². The van der Waals surface area contributed by atoms with Crippen molar-refractivity contribution < 1.29 is 9.90 Å². The van der Waals surface area contributed by atoms with E-state index >= 15 is 0 Å². The van der Waals surface area contributed by atoms with Gasteiger partial charge in [0.05, 0.1) is 18.1 Å². The first-order valence-corrected chi connectivity index (χ1v) is 13.7. The Morgan fingerprint density at radius 1 is 0.718 bits per heavy atom. The Balaban J connectivity index is 1.48. The lowest BCUT2D eigenvalue weighted by molar-refractivity contribution is -0.123. The van der Waals surface area contributed by atoms with Crippen molar-refractivity contribution in [2.45, 2.75) is 57.2 Å². The van der Waals surface area contributed by atoms with E-state index in [4.69, 9.17) is 0 Å². The van der Waals surface area contributed by atoms with Crippen LogP contribution < -0.4 is 10.6 Å². The van der Waals surface area contributed by atoms with E-state index in [0.29, 0.717) is 19.5 Å². The number of hydrogen-bond acceptors (Lipinski definition) is 3. The van der Waals surface area contributed by atoms with Gasteiger partial charge < -0.3 is 15.7 Å². The molecule has 3 N–H and O–H groups in total. The molecular weight excluding hydrogens is 480 g/mol. The number of aliphatic hydroxyl groups is 1. The summed E-state index contributed by atoms with van der Waals surface area (Å²) in [4.78, 5) is 13.8. The van der Waals surface area contributed by atoms with Gasteiger partial charge in [-0.05, 0) is 39.7 Å². The van der Waals surface area contributed by atoms with Gasteiger partial charge in [0.15, 0.2) is 0 Å². The first kappa shape index (κ1) is 28.3. The molecule has 0 aliphatic heterocycles. The van der Waals surface area contributed by atoms with Crippen LogP contribution in [-0.4, -0.2) is 29.7 Å². The highest BCUT2D eigenvalue weighted by atomic mass is 16.3. The highest BCUT2D eigenvalue weighted by Gasteiger charge is 2.28. The Labute approximate surface area is 233 Å². The molecule has 4 rings (SSSR count). The van der Waals surface area contributed by atoms with Crippen molar-refractivity contribution in [1.29, 1.82) is 0 Å². The summed E-state index contributed by atoms with van der Waals surface area (Å²) in [5, 5.41) is 17.9. The number of hydrogen-bond donors (Lipinski definition) is 3. The van der Waals surface area contributed by atoms with Crippen molar-refractivity contribution in [1.82, 2.24) is 10.6 Å². The van der Waals surface area contributed by atoms with E-state index in [1.165, 1.54) is 5.56 Å². The molecule has 0 bridgehead atoms. The minimum Gasteiger partial charge on any atom is -0.390 e. The zero-order valence-electron chi connectivity index (χ0n) is 23.2. The molecule has 2 atom stereocenters. The van der Waals surface area contributed by atoms with Crippen LogP contribution in [0.15, 0.2) is 115 Å². The minimum absolute atomic E-state index is 0.113. The zero-order chi connectivity index (χ0) is 27.7. The molecule has 0 saturated heterocycles. The topological polar surface area (TPSA) is 61.4 Å². The third-order valence-electron chi connectivity index (χ3n) is 7.12. The molecule has 0 fully saturated rings. The first-order chi connectivity index (χ1) is 18.8. The quantitative estimate of drug-likeness (QED) is 0.228. The summed E-state index contributed by atoms with van der Waals surface area (Å²) in [7, 11) is 0. The highest BCUT2D eigenvalue weighted by Crippen LogP contribution is 2.25. The molecule has 0 spiro atoms. The lowest BCUT2D eigenvalue weighted by Gasteiger charge is -2.27. The van der Waals surface area contributed by atoms with Gasteiger partial charge in [-0.2, -0.15) is 0 Å². The van der Waals surface area contributed by atoms with Gasteiger partial charge in [0, 0.05) is 13.1 Å². The van der Waals surface area contributed by atoms with Crippen LogP contribution in [0, 0.1) is 0 Å². The first-order valence-electron chi connectivity index (χ1n) is 13.7. The summed E-state index contributed by atoms with van der Waals surface area (Å²) in [6, 6.07) is 37.8. The van der Waals surface area contributed by atoms with Crippen molar-refractivity contribution in [2.24, 2.45) is 0 Å². The molecule has 4 nitrogen and oxygen atoms in total. The molecule has 0 saturated carbocycles. The number of aliphatic hydroxyl groups excluding tert-OH is 1. The number of carbonyl (C=O) groups excluding carboxylic acids is 1. The smallest absolute Gasteiger partial charge is 0.232 e. The van der Waals surface area contributed by atoms with E-state index < -0.39 is 18.1 Å². The second-order valence-electron chi connectivity index (χ2n) is 11.2. The fourth-order valence-electron chi connectivity index (χ4n) is 4.83. The molecule has 0 aliphatic rings. The molecule has 1 amide bonds. The van der Waals surface area contributed by atoms with Gasteiger partial charge in [-0.25, -0.2) is 0 Å². The van der Waals surface area contributed by atoms with Crippen molar-refractivity contribution in [2.75, 3.05) is 6.54 Å². The van der Waals surface area contributed by atoms with Crippen LogP contribution in [0.2, 0.25) is 0 Å². The van der Waals surface area contributed by atoms with Gasteiger partial charge >= 0.3 is 0 Å². The second kappa shape index (κ2) is 13.4. The number of amides is 1. The van der Waals surface area contributed by atoms with Crippen molar-refractivity contribution in [3.63, 3.8) is 0 Å². The van der Waals surface area contributed by atoms with Gasteiger partial charge in [0.2, 0.25) is 5.91 Å². The van der Waals surface area contributed by atoms with E-state index in [0.717, 1.165) is 22.3 Å². The maximum Gasteiger partial charge on any atom is 0.232 e. The largest absolute Gasteiger partial charge is 0.390 e. The maximum absolute atomic E-state index is 13.8. The van der Waals surface area contributed by atoms with Crippen LogP contribution in [0.25, 0.3) is 0 Å². The average molecular weight is 521 g/mol. The van der Waals surface area contributed by atoms with Crippen molar-refractivity contribution in [3.8, 4) is 0 Å². The van der Waals surface area contributed by atoms with Crippen molar-refractivity contribution >= 4 is 5.91 Å². The lowest BCUT2D eigenvalue weighted by atomic mass is 9.87. The molecule has 0 aromatic heterocycles. The summed E-state index contributed by atoms with van der Waals surface area (Å²) in [5.74, 6) is -0.586.